The normalized spacial score (nSPS) is 15.9. The fourth-order valence-corrected chi connectivity index (χ4v) is 3.20. The third kappa shape index (κ3) is 6.32. The first-order valence-corrected chi connectivity index (χ1v) is 8.67. The van der Waals surface area contributed by atoms with E-state index in [2.05, 4.69) is 23.2 Å². The van der Waals surface area contributed by atoms with Gasteiger partial charge in [-0.1, -0.05) is 38.3 Å². The van der Waals surface area contributed by atoms with E-state index in [9.17, 15) is 5.11 Å². The van der Waals surface area contributed by atoms with Gasteiger partial charge in [-0.15, -0.1) is 24.8 Å². The summed E-state index contributed by atoms with van der Waals surface area (Å²) in [5.41, 5.74) is 1.02. The van der Waals surface area contributed by atoms with Gasteiger partial charge in [-0.3, -0.25) is 4.90 Å². The van der Waals surface area contributed by atoms with Crippen LogP contribution in [0.25, 0.3) is 0 Å². The molecule has 1 saturated heterocycles. The van der Waals surface area contributed by atoms with Crippen molar-refractivity contribution in [3.8, 4) is 11.5 Å². The summed E-state index contributed by atoms with van der Waals surface area (Å²) < 4.78 is 5.56. The van der Waals surface area contributed by atoms with Crippen molar-refractivity contribution in [2.24, 2.45) is 0 Å². The van der Waals surface area contributed by atoms with Crippen LogP contribution in [0, 0.1) is 0 Å². The first-order chi connectivity index (χ1) is 10.8. The van der Waals surface area contributed by atoms with Crippen LogP contribution in [-0.2, 0) is 0 Å². The molecule has 6 heteroatoms. The van der Waals surface area contributed by atoms with Crippen LogP contribution >= 0.6 is 24.8 Å². The maximum Gasteiger partial charge on any atom is 0.162 e. The van der Waals surface area contributed by atoms with Gasteiger partial charge in [0.1, 0.15) is 0 Å². The molecule has 140 valence electrons. The summed E-state index contributed by atoms with van der Waals surface area (Å²) >= 11 is 0. The first-order valence-electron chi connectivity index (χ1n) is 8.67. The average molecular weight is 379 g/mol. The number of hydrogen-bond acceptors (Lipinski definition) is 4. The molecule has 0 unspecified atom stereocenters. The van der Waals surface area contributed by atoms with Crippen LogP contribution in [-0.4, -0.2) is 42.8 Å². The Morgan fingerprint density at radius 3 is 2.50 bits per heavy atom. The van der Waals surface area contributed by atoms with Crippen molar-refractivity contribution in [1.82, 2.24) is 10.2 Å². The van der Waals surface area contributed by atoms with E-state index in [4.69, 9.17) is 4.74 Å². The van der Waals surface area contributed by atoms with E-state index in [1.165, 1.54) is 19.3 Å². The highest BCUT2D eigenvalue weighted by Crippen LogP contribution is 2.38. The average Bonchev–Trinajstić information content (AvgIpc) is 2.55. The summed E-state index contributed by atoms with van der Waals surface area (Å²) in [7, 11) is 0. The summed E-state index contributed by atoms with van der Waals surface area (Å²) in [6.07, 6.45) is 4.76. The Labute approximate surface area is 158 Å². The lowest BCUT2D eigenvalue weighted by Gasteiger charge is -2.35. The molecule has 2 rings (SSSR count). The van der Waals surface area contributed by atoms with Crippen molar-refractivity contribution >= 4 is 24.8 Å². The van der Waals surface area contributed by atoms with Crippen LogP contribution in [0.2, 0.25) is 0 Å². The molecule has 1 aromatic carbocycles. The van der Waals surface area contributed by atoms with Crippen LogP contribution in [0.3, 0.4) is 0 Å². The Morgan fingerprint density at radius 2 is 1.88 bits per heavy atom. The zero-order valence-electron chi connectivity index (χ0n) is 14.8. The Bertz CT molecular complexity index is 455. The van der Waals surface area contributed by atoms with Crippen LogP contribution in [0.5, 0.6) is 11.5 Å². The molecule has 1 aromatic rings. The van der Waals surface area contributed by atoms with E-state index in [1.807, 2.05) is 19.1 Å². The van der Waals surface area contributed by atoms with Crippen LogP contribution in [0.1, 0.15) is 51.1 Å². The molecule has 1 aliphatic rings. The predicted octanol–water partition coefficient (Wildman–Crippen LogP) is 4.16. The van der Waals surface area contributed by atoms with Crippen LogP contribution < -0.4 is 10.1 Å². The van der Waals surface area contributed by atoms with Gasteiger partial charge in [-0.2, -0.15) is 0 Å². The molecule has 0 bridgehead atoms. The molecule has 0 radical (unpaired) electrons. The molecule has 1 heterocycles. The largest absolute Gasteiger partial charge is 0.504 e. The number of nitrogens with one attached hydrogen (secondary N) is 1. The van der Waals surface area contributed by atoms with Gasteiger partial charge in [-0.05, 0) is 19.4 Å². The number of para-hydroxylation sites is 1. The third-order valence-corrected chi connectivity index (χ3v) is 4.36. The van der Waals surface area contributed by atoms with E-state index in [0.29, 0.717) is 18.1 Å². The number of piperazine rings is 1. The van der Waals surface area contributed by atoms with Gasteiger partial charge in [0.15, 0.2) is 11.5 Å². The predicted molar refractivity (Wildman–Crippen MR) is 105 cm³/mol. The number of hydrogen-bond donors (Lipinski definition) is 2. The van der Waals surface area contributed by atoms with E-state index in [1.54, 1.807) is 0 Å². The number of halogens is 2. The molecular formula is C18H32Cl2N2O2. The van der Waals surface area contributed by atoms with Crippen molar-refractivity contribution in [3.63, 3.8) is 0 Å². The summed E-state index contributed by atoms with van der Waals surface area (Å²) in [6.45, 7) is 8.87. The number of benzene rings is 1. The number of nitrogens with zero attached hydrogens (tertiary/aromatic N) is 1. The van der Waals surface area contributed by atoms with Gasteiger partial charge >= 0.3 is 0 Å². The minimum absolute atomic E-state index is 0. The maximum atomic E-state index is 10.6. The fourth-order valence-electron chi connectivity index (χ4n) is 3.20. The molecule has 4 nitrogen and oxygen atoms in total. The SMILES string of the molecule is CCCCC[C@@H](c1cccc(OCC)c1O)N1CCNCC1.Cl.Cl. The van der Waals surface area contributed by atoms with Crippen molar-refractivity contribution < 1.29 is 9.84 Å². The number of rotatable bonds is 8. The molecule has 0 saturated carbocycles. The van der Waals surface area contributed by atoms with Crippen molar-refractivity contribution in [3.05, 3.63) is 23.8 Å². The molecule has 2 N–H and O–H groups in total. The third-order valence-electron chi connectivity index (χ3n) is 4.36. The van der Waals surface area contributed by atoms with Gasteiger partial charge in [0, 0.05) is 37.8 Å². The van der Waals surface area contributed by atoms with Crippen LogP contribution in [0.4, 0.5) is 0 Å². The lowest BCUT2D eigenvalue weighted by Crippen LogP contribution is -2.45. The zero-order valence-corrected chi connectivity index (χ0v) is 16.4. The molecule has 1 aliphatic heterocycles. The Hall–Kier alpha value is -0.680. The fraction of sp³-hybridized carbons (Fsp3) is 0.667. The number of phenols is 1. The Balaban J connectivity index is 0.00000264. The van der Waals surface area contributed by atoms with E-state index in [-0.39, 0.29) is 30.9 Å². The molecule has 0 aromatic heterocycles. The van der Waals surface area contributed by atoms with Gasteiger partial charge in [0.25, 0.3) is 0 Å². The van der Waals surface area contributed by atoms with Gasteiger partial charge < -0.3 is 15.2 Å². The van der Waals surface area contributed by atoms with Crippen LogP contribution in [0.15, 0.2) is 18.2 Å². The van der Waals surface area contributed by atoms with Gasteiger partial charge in [0.05, 0.1) is 6.61 Å². The zero-order chi connectivity index (χ0) is 15.8. The second-order valence-electron chi connectivity index (χ2n) is 5.92. The number of ether oxygens (including phenoxy) is 1. The number of unbranched alkanes of at least 4 members (excludes halogenated alkanes) is 2. The van der Waals surface area contributed by atoms with E-state index >= 15 is 0 Å². The van der Waals surface area contributed by atoms with Crippen molar-refractivity contribution in [2.45, 2.75) is 45.6 Å². The highest BCUT2D eigenvalue weighted by molar-refractivity contribution is 5.85. The minimum atomic E-state index is 0. The number of phenolic OH excluding ortho intramolecular Hbond substituents is 1. The molecule has 24 heavy (non-hydrogen) atoms. The first kappa shape index (κ1) is 23.3. The van der Waals surface area contributed by atoms with E-state index < -0.39 is 0 Å². The molecule has 0 amide bonds. The Morgan fingerprint density at radius 1 is 1.17 bits per heavy atom. The highest BCUT2D eigenvalue weighted by atomic mass is 35.5. The maximum absolute atomic E-state index is 10.6. The molecular weight excluding hydrogens is 347 g/mol. The minimum Gasteiger partial charge on any atom is -0.504 e. The summed E-state index contributed by atoms with van der Waals surface area (Å²) in [4.78, 5) is 2.50. The second-order valence-corrected chi connectivity index (χ2v) is 5.92. The molecule has 0 aliphatic carbocycles. The summed E-state index contributed by atoms with van der Waals surface area (Å²) in [6, 6.07) is 6.18. The Kier molecular flexibility index (Phi) is 12.3. The molecule has 1 atom stereocenters. The topological polar surface area (TPSA) is 44.7 Å². The lowest BCUT2D eigenvalue weighted by molar-refractivity contribution is 0.159. The monoisotopic (exact) mass is 378 g/mol. The van der Waals surface area contributed by atoms with Gasteiger partial charge in [0.2, 0.25) is 0 Å². The van der Waals surface area contributed by atoms with Gasteiger partial charge in [-0.25, -0.2) is 0 Å². The quantitative estimate of drug-likeness (QED) is 0.666. The van der Waals surface area contributed by atoms with E-state index in [0.717, 1.165) is 38.2 Å². The molecule has 1 fully saturated rings. The molecule has 0 spiro atoms. The van der Waals surface area contributed by atoms with Crippen molar-refractivity contribution in [2.75, 3.05) is 32.8 Å². The highest BCUT2D eigenvalue weighted by Gasteiger charge is 2.25. The lowest BCUT2D eigenvalue weighted by atomic mass is 9.97. The second kappa shape index (κ2) is 12.6. The summed E-state index contributed by atoms with van der Waals surface area (Å²) in [5, 5.41) is 14.0. The van der Waals surface area contributed by atoms with Crippen molar-refractivity contribution in [1.29, 1.82) is 0 Å². The number of aromatic hydroxyl groups is 1. The smallest absolute Gasteiger partial charge is 0.162 e. The standard InChI is InChI=1S/C18H30N2O2.2ClH/c1-3-5-6-9-16(20-13-11-19-12-14-20)15-8-7-10-17(18(15)21)22-4-2;;/h7-8,10,16,19,21H,3-6,9,11-14H2,1-2H3;2*1H/t16-;;/m0../s1. The summed E-state index contributed by atoms with van der Waals surface area (Å²) in [5.74, 6) is 0.931.